The van der Waals surface area contributed by atoms with Crippen LogP contribution in [0, 0.1) is 17.5 Å². The summed E-state index contributed by atoms with van der Waals surface area (Å²) in [5.74, 6) is -0.894. The minimum atomic E-state index is -0.599. The number of hydrogen-bond acceptors (Lipinski definition) is 2. The molecule has 2 rings (SSSR count). The summed E-state index contributed by atoms with van der Waals surface area (Å²) in [7, 11) is 0. The number of thioether (sulfide) groups is 1. The molecule has 0 aliphatic carbocycles. The van der Waals surface area contributed by atoms with Crippen LogP contribution in [-0.2, 0) is 6.42 Å². The van der Waals surface area contributed by atoms with E-state index in [9.17, 15) is 13.2 Å². The van der Waals surface area contributed by atoms with Crippen molar-refractivity contribution in [2.24, 2.45) is 5.73 Å². The third-order valence-electron chi connectivity index (χ3n) is 2.70. The van der Waals surface area contributed by atoms with Crippen LogP contribution in [0.4, 0.5) is 13.2 Å². The summed E-state index contributed by atoms with van der Waals surface area (Å²) < 4.78 is 38.8. The molecule has 2 aromatic rings. The van der Waals surface area contributed by atoms with Crippen LogP contribution in [0.3, 0.4) is 0 Å². The Hall–Kier alpha value is -1.46. The molecule has 1 atom stereocenters. The Kier molecular flexibility index (Phi) is 5.09. The van der Waals surface area contributed by atoms with Gasteiger partial charge >= 0.3 is 0 Å². The van der Waals surface area contributed by atoms with E-state index >= 15 is 0 Å². The Bertz CT molecular complexity index is 552. The highest BCUT2D eigenvalue weighted by molar-refractivity contribution is 7.99. The maximum Gasteiger partial charge on any atom is 0.126 e. The molecule has 0 aromatic heterocycles. The zero-order valence-electron chi connectivity index (χ0n) is 10.7. The van der Waals surface area contributed by atoms with E-state index in [2.05, 4.69) is 0 Å². The van der Waals surface area contributed by atoms with Crippen molar-refractivity contribution in [2.75, 3.05) is 5.75 Å². The molecule has 0 radical (unpaired) electrons. The van der Waals surface area contributed by atoms with E-state index in [1.54, 1.807) is 12.1 Å². The van der Waals surface area contributed by atoms with Crippen LogP contribution < -0.4 is 5.73 Å². The number of halogens is 3. The minimum absolute atomic E-state index is 0.230. The van der Waals surface area contributed by atoms with Gasteiger partial charge in [0.1, 0.15) is 17.5 Å². The van der Waals surface area contributed by atoms with Gasteiger partial charge in [-0.25, -0.2) is 13.2 Å². The summed E-state index contributed by atoms with van der Waals surface area (Å²) in [5, 5.41) is 0. The molecule has 1 nitrogen and oxygen atoms in total. The third-order valence-corrected chi connectivity index (χ3v) is 3.90. The van der Waals surface area contributed by atoms with Gasteiger partial charge in [-0.05, 0) is 48.4 Å². The lowest BCUT2D eigenvalue weighted by atomic mass is 10.1. The smallest absolute Gasteiger partial charge is 0.126 e. The molecule has 2 aromatic carbocycles. The van der Waals surface area contributed by atoms with E-state index < -0.39 is 11.6 Å². The second kappa shape index (κ2) is 6.81. The van der Waals surface area contributed by atoms with Crippen LogP contribution in [0.1, 0.15) is 5.56 Å². The second-order valence-electron chi connectivity index (χ2n) is 4.51. The summed E-state index contributed by atoms with van der Waals surface area (Å²) in [6.45, 7) is 0. The highest BCUT2D eigenvalue weighted by atomic mass is 32.2. The molecular formula is C15H14F3NS. The lowest BCUT2D eigenvalue weighted by molar-refractivity contribution is 0.577. The summed E-state index contributed by atoms with van der Waals surface area (Å²) in [5.41, 5.74) is 6.48. The van der Waals surface area contributed by atoms with Crippen molar-refractivity contribution in [3.63, 3.8) is 0 Å². The van der Waals surface area contributed by atoms with Crippen molar-refractivity contribution < 1.29 is 13.2 Å². The summed E-state index contributed by atoms with van der Waals surface area (Å²) in [4.78, 5) is 0.910. The van der Waals surface area contributed by atoms with Crippen LogP contribution in [0.5, 0.6) is 0 Å². The van der Waals surface area contributed by atoms with E-state index in [0.717, 1.165) is 11.0 Å². The lowest BCUT2D eigenvalue weighted by Gasteiger charge is -2.11. The predicted octanol–water partition coefficient (Wildman–Crippen LogP) is 3.77. The first-order valence-electron chi connectivity index (χ1n) is 6.12. The number of nitrogens with two attached hydrogens (primary N) is 1. The van der Waals surface area contributed by atoms with Gasteiger partial charge in [-0.3, -0.25) is 0 Å². The van der Waals surface area contributed by atoms with Crippen LogP contribution in [0.25, 0.3) is 0 Å². The second-order valence-corrected chi connectivity index (χ2v) is 5.60. The summed E-state index contributed by atoms with van der Waals surface area (Å²) in [6.07, 6.45) is 0.392. The molecule has 0 fully saturated rings. The first kappa shape index (κ1) is 14.9. The van der Waals surface area contributed by atoms with Gasteiger partial charge < -0.3 is 5.73 Å². The number of benzene rings is 2. The van der Waals surface area contributed by atoms with Gasteiger partial charge in [0.25, 0.3) is 0 Å². The van der Waals surface area contributed by atoms with Gasteiger partial charge in [0.15, 0.2) is 0 Å². The predicted molar refractivity (Wildman–Crippen MR) is 75.2 cm³/mol. The van der Waals surface area contributed by atoms with E-state index in [4.69, 9.17) is 5.73 Å². The van der Waals surface area contributed by atoms with Gasteiger partial charge in [-0.1, -0.05) is 0 Å². The molecule has 0 amide bonds. The van der Waals surface area contributed by atoms with Crippen molar-refractivity contribution in [3.8, 4) is 0 Å². The maximum atomic E-state index is 13.0. The Balaban J connectivity index is 1.88. The highest BCUT2D eigenvalue weighted by Gasteiger charge is 2.08. The average molecular weight is 297 g/mol. The summed E-state index contributed by atoms with van der Waals surface area (Å²) in [6, 6.07) is 9.29. The number of rotatable bonds is 5. The zero-order chi connectivity index (χ0) is 14.5. The minimum Gasteiger partial charge on any atom is -0.327 e. The Morgan fingerprint density at radius 2 is 1.50 bits per heavy atom. The summed E-state index contributed by atoms with van der Waals surface area (Å²) >= 11 is 1.49. The molecule has 0 heterocycles. The Labute approximate surface area is 120 Å². The van der Waals surface area contributed by atoms with Crippen molar-refractivity contribution in [1.82, 2.24) is 0 Å². The maximum absolute atomic E-state index is 13.0. The fourth-order valence-electron chi connectivity index (χ4n) is 1.82. The van der Waals surface area contributed by atoms with Crippen LogP contribution in [0.2, 0.25) is 0 Å². The van der Waals surface area contributed by atoms with Gasteiger partial charge in [0, 0.05) is 22.8 Å². The van der Waals surface area contributed by atoms with Crippen molar-refractivity contribution in [1.29, 1.82) is 0 Å². The topological polar surface area (TPSA) is 26.0 Å². The molecule has 1 unspecified atom stereocenters. The third kappa shape index (κ3) is 4.58. The number of hydrogen-bond donors (Lipinski definition) is 1. The molecule has 106 valence electrons. The van der Waals surface area contributed by atoms with Crippen molar-refractivity contribution in [3.05, 3.63) is 65.5 Å². The highest BCUT2D eigenvalue weighted by Crippen LogP contribution is 2.20. The first-order chi connectivity index (χ1) is 9.52. The Morgan fingerprint density at radius 3 is 2.10 bits per heavy atom. The largest absolute Gasteiger partial charge is 0.327 e. The molecule has 0 bridgehead atoms. The van der Waals surface area contributed by atoms with Crippen molar-refractivity contribution >= 4 is 11.8 Å². The fraction of sp³-hybridized carbons (Fsp3) is 0.200. The molecule has 2 N–H and O–H groups in total. The standard InChI is InChI=1S/C15H14F3NS/c16-11-1-3-15(4-2-11)20-9-14(19)7-10-5-12(17)8-13(18)6-10/h1-6,8,14H,7,9,19H2. The van der Waals surface area contributed by atoms with E-state index in [0.29, 0.717) is 17.7 Å². The first-order valence-corrected chi connectivity index (χ1v) is 7.10. The molecule has 0 saturated carbocycles. The van der Waals surface area contributed by atoms with Gasteiger partial charge in [0.2, 0.25) is 0 Å². The monoisotopic (exact) mass is 297 g/mol. The molecule has 5 heteroatoms. The van der Waals surface area contributed by atoms with Crippen LogP contribution in [-0.4, -0.2) is 11.8 Å². The molecule has 0 aliphatic heterocycles. The van der Waals surface area contributed by atoms with Crippen molar-refractivity contribution in [2.45, 2.75) is 17.4 Å². The molecule has 0 aliphatic rings. The lowest BCUT2D eigenvalue weighted by Crippen LogP contribution is -2.25. The van der Waals surface area contributed by atoms with Gasteiger partial charge in [-0.15, -0.1) is 11.8 Å². The van der Waals surface area contributed by atoms with E-state index in [1.165, 1.54) is 36.0 Å². The molecule has 0 spiro atoms. The molecule has 20 heavy (non-hydrogen) atoms. The van der Waals surface area contributed by atoms with Gasteiger partial charge in [0.05, 0.1) is 0 Å². The normalized spacial score (nSPS) is 12.4. The van der Waals surface area contributed by atoms with Gasteiger partial charge in [-0.2, -0.15) is 0 Å². The van der Waals surface area contributed by atoms with E-state index in [-0.39, 0.29) is 11.9 Å². The zero-order valence-corrected chi connectivity index (χ0v) is 11.5. The quantitative estimate of drug-likeness (QED) is 0.850. The fourth-order valence-corrected chi connectivity index (χ4v) is 2.68. The van der Waals surface area contributed by atoms with E-state index in [1.807, 2.05) is 0 Å². The molecular weight excluding hydrogens is 283 g/mol. The Morgan fingerprint density at radius 1 is 0.900 bits per heavy atom. The molecule has 0 saturated heterocycles. The average Bonchev–Trinajstić information content (AvgIpc) is 2.37. The SMILES string of the molecule is NC(CSc1ccc(F)cc1)Cc1cc(F)cc(F)c1. The van der Waals surface area contributed by atoms with Crippen LogP contribution >= 0.6 is 11.8 Å². The van der Waals surface area contributed by atoms with Crippen LogP contribution in [0.15, 0.2) is 47.4 Å².